The number of benzene rings is 3. The van der Waals surface area contributed by atoms with E-state index in [4.69, 9.17) is 4.74 Å². The molecule has 0 spiro atoms. The maximum Gasteiger partial charge on any atom is 0.255 e. The first-order chi connectivity index (χ1) is 13.7. The quantitative estimate of drug-likeness (QED) is 0.532. The van der Waals surface area contributed by atoms with Gasteiger partial charge >= 0.3 is 0 Å². The third-order valence-corrected chi connectivity index (χ3v) is 4.06. The highest BCUT2D eigenvalue weighted by molar-refractivity contribution is 6.05. The molecule has 138 valence electrons. The zero-order chi connectivity index (χ0) is 19.3. The first kappa shape index (κ1) is 17.5. The van der Waals surface area contributed by atoms with Crippen LogP contribution in [0.2, 0.25) is 0 Å². The normalized spacial score (nSPS) is 10.5. The van der Waals surface area contributed by atoms with Gasteiger partial charge in [-0.1, -0.05) is 18.2 Å². The molecule has 0 atom stereocenters. The smallest absolute Gasteiger partial charge is 0.255 e. The summed E-state index contributed by atoms with van der Waals surface area (Å²) >= 11 is 0. The molecule has 1 heterocycles. The SMILES string of the molecule is O=C(Nc1ccccc1Oc1cccc(F)c1)c1ccc(-n2cccn2)cc1. The number of ether oxygens (including phenoxy) is 1. The highest BCUT2D eigenvalue weighted by atomic mass is 19.1. The van der Waals surface area contributed by atoms with Gasteiger partial charge in [0.1, 0.15) is 11.6 Å². The molecular weight excluding hydrogens is 357 g/mol. The highest BCUT2D eigenvalue weighted by Crippen LogP contribution is 2.30. The molecule has 0 aliphatic rings. The van der Waals surface area contributed by atoms with Gasteiger partial charge in [-0.15, -0.1) is 0 Å². The third-order valence-electron chi connectivity index (χ3n) is 4.06. The number of carbonyl (C=O) groups excluding carboxylic acids is 1. The number of nitrogens with one attached hydrogen (secondary N) is 1. The topological polar surface area (TPSA) is 56.1 Å². The number of para-hydroxylation sites is 2. The Balaban J connectivity index is 1.52. The Bertz CT molecular complexity index is 1090. The van der Waals surface area contributed by atoms with E-state index in [1.54, 1.807) is 59.4 Å². The van der Waals surface area contributed by atoms with Gasteiger partial charge in [0, 0.05) is 24.0 Å². The summed E-state index contributed by atoms with van der Waals surface area (Å²) in [5, 5.41) is 7.00. The molecule has 1 aromatic heterocycles. The average molecular weight is 373 g/mol. The van der Waals surface area contributed by atoms with Gasteiger partial charge in [0.2, 0.25) is 0 Å². The Morgan fingerprint density at radius 1 is 0.964 bits per heavy atom. The van der Waals surface area contributed by atoms with Crippen LogP contribution in [0.25, 0.3) is 5.69 Å². The van der Waals surface area contributed by atoms with Crippen molar-refractivity contribution in [2.75, 3.05) is 5.32 Å². The second-order valence-corrected chi connectivity index (χ2v) is 6.01. The molecule has 5 nitrogen and oxygen atoms in total. The van der Waals surface area contributed by atoms with Gasteiger partial charge in [0.05, 0.1) is 11.4 Å². The molecule has 1 amide bonds. The molecular formula is C22H16FN3O2. The van der Waals surface area contributed by atoms with E-state index in [0.717, 1.165) is 5.69 Å². The van der Waals surface area contributed by atoms with E-state index in [-0.39, 0.29) is 5.91 Å². The fraction of sp³-hybridized carbons (Fsp3) is 0. The minimum atomic E-state index is -0.392. The minimum absolute atomic E-state index is 0.276. The van der Waals surface area contributed by atoms with Crippen molar-refractivity contribution in [3.8, 4) is 17.2 Å². The first-order valence-electron chi connectivity index (χ1n) is 8.63. The van der Waals surface area contributed by atoms with E-state index in [1.807, 2.05) is 24.4 Å². The molecule has 4 rings (SSSR count). The minimum Gasteiger partial charge on any atom is -0.455 e. The third kappa shape index (κ3) is 3.91. The number of amides is 1. The van der Waals surface area contributed by atoms with Crippen LogP contribution in [-0.4, -0.2) is 15.7 Å². The van der Waals surface area contributed by atoms with Crippen molar-refractivity contribution in [3.63, 3.8) is 0 Å². The lowest BCUT2D eigenvalue weighted by molar-refractivity contribution is 0.102. The van der Waals surface area contributed by atoms with E-state index in [2.05, 4.69) is 10.4 Å². The number of rotatable bonds is 5. The highest BCUT2D eigenvalue weighted by Gasteiger charge is 2.11. The lowest BCUT2D eigenvalue weighted by Gasteiger charge is -2.12. The monoisotopic (exact) mass is 373 g/mol. The Labute approximate surface area is 161 Å². The summed E-state index contributed by atoms with van der Waals surface area (Å²) in [5.41, 5.74) is 1.85. The number of hydrogen-bond acceptors (Lipinski definition) is 3. The van der Waals surface area contributed by atoms with Gasteiger partial charge < -0.3 is 10.1 Å². The van der Waals surface area contributed by atoms with Crippen molar-refractivity contribution in [2.24, 2.45) is 0 Å². The summed E-state index contributed by atoms with van der Waals surface area (Å²) < 4.78 is 20.8. The zero-order valence-electron chi connectivity index (χ0n) is 14.7. The van der Waals surface area contributed by atoms with E-state index < -0.39 is 5.82 Å². The van der Waals surface area contributed by atoms with E-state index in [1.165, 1.54) is 12.1 Å². The molecule has 0 aliphatic carbocycles. The zero-order valence-corrected chi connectivity index (χ0v) is 14.7. The summed E-state index contributed by atoms with van der Waals surface area (Å²) in [5.74, 6) is 0.110. The van der Waals surface area contributed by atoms with Crippen LogP contribution >= 0.6 is 0 Å². The average Bonchev–Trinajstić information content (AvgIpc) is 3.24. The maximum atomic E-state index is 13.4. The standard InChI is InChI=1S/C22H16FN3O2/c23-17-5-3-6-19(15-17)28-21-8-2-1-7-20(21)25-22(27)16-9-11-18(12-10-16)26-14-4-13-24-26/h1-15H,(H,25,27). The summed E-state index contributed by atoms with van der Waals surface area (Å²) in [4.78, 5) is 12.6. The Morgan fingerprint density at radius 3 is 2.54 bits per heavy atom. The van der Waals surface area contributed by atoms with Crippen LogP contribution in [0.15, 0.2) is 91.3 Å². The predicted octanol–water partition coefficient (Wildman–Crippen LogP) is 5.06. The van der Waals surface area contributed by atoms with Gasteiger partial charge in [0.15, 0.2) is 5.75 Å². The molecule has 0 saturated carbocycles. The fourth-order valence-electron chi connectivity index (χ4n) is 2.70. The number of anilines is 1. The van der Waals surface area contributed by atoms with Crippen LogP contribution < -0.4 is 10.1 Å². The second-order valence-electron chi connectivity index (χ2n) is 6.01. The van der Waals surface area contributed by atoms with Gasteiger partial charge in [-0.25, -0.2) is 9.07 Å². The van der Waals surface area contributed by atoms with Crippen molar-refractivity contribution < 1.29 is 13.9 Å². The lowest BCUT2D eigenvalue weighted by Crippen LogP contribution is -2.12. The molecule has 0 unspecified atom stereocenters. The molecule has 6 heteroatoms. The predicted molar refractivity (Wildman–Crippen MR) is 104 cm³/mol. The molecule has 28 heavy (non-hydrogen) atoms. The molecule has 0 bridgehead atoms. The van der Waals surface area contributed by atoms with Gasteiger partial charge in [0.25, 0.3) is 5.91 Å². The first-order valence-corrected chi connectivity index (χ1v) is 8.63. The van der Waals surface area contributed by atoms with Crippen molar-refractivity contribution in [3.05, 3.63) is 103 Å². The fourth-order valence-corrected chi connectivity index (χ4v) is 2.70. The van der Waals surface area contributed by atoms with Crippen LogP contribution in [-0.2, 0) is 0 Å². The van der Waals surface area contributed by atoms with Crippen molar-refractivity contribution in [2.45, 2.75) is 0 Å². The van der Waals surface area contributed by atoms with Gasteiger partial charge in [-0.3, -0.25) is 4.79 Å². The molecule has 0 fully saturated rings. The van der Waals surface area contributed by atoms with Crippen molar-refractivity contribution in [1.29, 1.82) is 0 Å². The molecule has 3 aromatic carbocycles. The second kappa shape index (κ2) is 7.75. The van der Waals surface area contributed by atoms with Crippen LogP contribution in [0.4, 0.5) is 10.1 Å². The molecule has 0 aliphatic heterocycles. The number of nitrogens with zero attached hydrogens (tertiary/aromatic N) is 2. The van der Waals surface area contributed by atoms with Crippen molar-refractivity contribution >= 4 is 11.6 Å². The van der Waals surface area contributed by atoms with Crippen LogP contribution in [0.5, 0.6) is 11.5 Å². The summed E-state index contributed by atoms with van der Waals surface area (Å²) in [6.45, 7) is 0. The molecule has 4 aromatic rings. The largest absolute Gasteiger partial charge is 0.455 e. The lowest BCUT2D eigenvalue weighted by atomic mass is 10.2. The van der Waals surface area contributed by atoms with E-state index >= 15 is 0 Å². The van der Waals surface area contributed by atoms with Crippen LogP contribution in [0.1, 0.15) is 10.4 Å². The number of halogens is 1. The Morgan fingerprint density at radius 2 is 1.79 bits per heavy atom. The number of aromatic nitrogens is 2. The number of hydrogen-bond donors (Lipinski definition) is 1. The summed E-state index contributed by atoms with van der Waals surface area (Å²) in [6, 6.07) is 21.8. The summed E-state index contributed by atoms with van der Waals surface area (Å²) in [6.07, 6.45) is 3.52. The maximum absolute atomic E-state index is 13.4. The Kier molecular flexibility index (Phi) is 4.84. The molecule has 0 radical (unpaired) electrons. The molecule has 0 saturated heterocycles. The van der Waals surface area contributed by atoms with E-state index in [0.29, 0.717) is 22.7 Å². The van der Waals surface area contributed by atoms with Gasteiger partial charge in [-0.2, -0.15) is 5.10 Å². The summed E-state index contributed by atoms with van der Waals surface area (Å²) in [7, 11) is 0. The Hall–Kier alpha value is -3.93. The van der Waals surface area contributed by atoms with Gasteiger partial charge in [-0.05, 0) is 54.6 Å². The molecule has 1 N–H and O–H groups in total. The van der Waals surface area contributed by atoms with Crippen LogP contribution in [0.3, 0.4) is 0 Å². The number of carbonyl (C=O) groups is 1. The van der Waals surface area contributed by atoms with Crippen molar-refractivity contribution in [1.82, 2.24) is 9.78 Å². The van der Waals surface area contributed by atoms with E-state index in [9.17, 15) is 9.18 Å². The van der Waals surface area contributed by atoms with Crippen LogP contribution in [0, 0.1) is 5.82 Å².